The summed E-state index contributed by atoms with van der Waals surface area (Å²) in [4.78, 5) is 11.5. The van der Waals surface area contributed by atoms with Gasteiger partial charge in [-0.1, -0.05) is 58.3 Å². The summed E-state index contributed by atoms with van der Waals surface area (Å²) in [6.45, 7) is 2.75. The van der Waals surface area contributed by atoms with Crippen LogP contribution in [0.25, 0.3) is 0 Å². The second-order valence-corrected chi connectivity index (χ2v) is 6.23. The van der Waals surface area contributed by atoms with Crippen LogP contribution in [0.1, 0.15) is 81.6 Å². The number of methoxy groups -OCH3 is 1. The van der Waals surface area contributed by atoms with E-state index in [4.69, 9.17) is 4.74 Å². The molecule has 1 unspecified atom stereocenters. The Labute approximate surface area is 140 Å². The number of halogens is 1. The number of aryl methyl sites for hydroxylation is 1. The van der Waals surface area contributed by atoms with Crippen molar-refractivity contribution in [2.75, 3.05) is 7.11 Å². The maximum Gasteiger partial charge on any atom is 0.354 e. The molecule has 0 aliphatic heterocycles. The molecule has 23 heavy (non-hydrogen) atoms. The number of aromatic nitrogens is 1. The van der Waals surface area contributed by atoms with Gasteiger partial charge >= 0.3 is 5.97 Å². The minimum atomic E-state index is -0.789. The van der Waals surface area contributed by atoms with Crippen LogP contribution in [0.15, 0.2) is 18.3 Å². The van der Waals surface area contributed by atoms with Crippen molar-refractivity contribution in [2.24, 2.45) is 0 Å². The van der Waals surface area contributed by atoms with E-state index >= 15 is 0 Å². The number of nitrogens with zero attached hydrogens (tertiary/aromatic N) is 1. The molecule has 0 saturated heterocycles. The molecule has 0 saturated carbocycles. The van der Waals surface area contributed by atoms with Crippen LogP contribution in [0.3, 0.4) is 0 Å². The monoisotopic (exact) mass is 325 g/mol. The fourth-order valence-electron chi connectivity index (χ4n) is 2.82. The van der Waals surface area contributed by atoms with Crippen LogP contribution in [0.5, 0.6) is 0 Å². The Hall–Kier alpha value is -1.32. The lowest BCUT2D eigenvalue weighted by Crippen LogP contribution is -2.13. The molecule has 1 atom stereocenters. The van der Waals surface area contributed by atoms with E-state index in [9.17, 15) is 9.18 Å². The molecule has 0 aliphatic rings. The zero-order valence-corrected chi connectivity index (χ0v) is 14.7. The quantitative estimate of drug-likeness (QED) is 0.352. The van der Waals surface area contributed by atoms with E-state index in [1.807, 2.05) is 0 Å². The molecule has 0 amide bonds. The van der Waals surface area contributed by atoms with E-state index in [0.29, 0.717) is 25.1 Å². The van der Waals surface area contributed by atoms with Gasteiger partial charge in [0.25, 0.3) is 0 Å². The SMILES string of the molecule is CCCCCCCCCCC(F)CCn1cccc1C(=O)OC. The fourth-order valence-corrected chi connectivity index (χ4v) is 2.82. The Morgan fingerprint density at radius 2 is 1.78 bits per heavy atom. The molecule has 1 heterocycles. The zero-order chi connectivity index (χ0) is 16.9. The lowest BCUT2D eigenvalue weighted by Gasteiger charge is -2.11. The minimum Gasteiger partial charge on any atom is -0.464 e. The third-order valence-electron chi connectivity index (χ3n) is 4.28. The van der Waals surface area contributed by atoms with Gasteiger partial charge in [0.05, 0.1) is 7.11 Å². The first kappa shape index (κ1) is 19.7. The van der Waals surface area contributed by atoms with Crippen LogP contribution >= 0.6 is 0 Å². The molecule has 0 fully saturated rings. The molecule has 0 bridgehead atoms. The van der Waals surface area contributed by atoms with Gasteiger partial charge in [-0.3, -0.25) is 0 Å². The van der Waals surface area contributed by atoms with Crippen molar-refractivity contribution in [3.05, 3.63) is 24.0 Å². The van der Waals surface area contributed by atoms with Gasteiger partial charge in [0, 0.05) is 12.7 Å². The van der Waals surface area contributed by atoms with Gasteiger partial charge in [0.1, 0.15) is 11.9 Å². The average molecular weight is 325 g/mol. The predicted molar refractivity (Wildman–Crippen MR) is 92.5 cm³/mol. The average Bonchev–Trinajstić information content (AvgIpc) is 3.03. The second-order valence-electron chi connectivity index (χ2n) is 6.23. The van der Waals surface area contributed by atoms with Crippen LogP contribution in [0.2, 0.25) is 0 Å². The Morgan fingerprint density at radius 1 is 1.13 bits per heavy atom. The molecule has 0 radical (unpaired) electrons. The normalized spacial score (nSPS) is 12.3. The van der Waals surface area contributed by atoms with Crippen molar-refractivity contribution in [2.45, 2.75) is 83.8 Å². The Bertz CT molecular complexity index is 431. The zero-order valence-electron chi connectivity index (χ0n) is 14.7. The smallest absolute Gasteiger partial charge is 0.354 e. The highest BCUT2D eigenvalue weighted by atomic mass is 19.1. The minimum absolute atomic E-state index is 0.367. The number of esters is 1. The summed E-state index contributed by atoms with van der Waals surface area (Å²) in [5.41, 5.74) is 0.492. The predicted octanol–water partition coefficient (Wildman–Crippen LogP) is 5.53. The summed E-state index contributed by atoms with van der Waals surface area (Å²) in [7, 11) is 1.36. The van der Waals surface area contributed by atoms with Gasteiger partial charge in [-0.15, -0.1) is 0 Å². The highest BCUT2D eigenvalue weighted by molar-refractivity contribution is 5.87. The molecule has 4 heteroatoms. The number of carbonyl (C=O) groups excluding carboxylic acids is 1. The number of unbranched alkanes of at least 4 members (excludes halogenated alkanes) is 7. The molecule has 1 rings (SSSR count). The van der Waals surface area contributed by atoms with E-state index in [-0.39, 0.29) is 5.97 Å². The molecule has 0 aromatic carbocycles. The highest BCUT2D eigenvalue weighted by Gasteiger charge is 2.12. The number of rotatable bonds is 13. The number of hydrogen-bond donors (Lipinski definition) is 0. The third kappa shape index (κ3) is 8.19. The summed E-state index contributed by atoms with van der Waals surface area (Å²) in [5.74, 6) is -0.367. The lowest BCUT2D eigenvalue weighted by molar-refractivity contribution is 0.0587. The molecule has 0 spiro atoms. The molecule has 3 nitrogen and oxygen atoms in total. The summed E-state index contributed by atoms with van der Waals surface area (Å²) >= 11 is 0. The van der Waals surface area contributed by atoms with Crippen molar-refractivity contribution < 1.29 is 13.9 Å². The van der Waals surface area contributed by atoms with Crippen molar-refractivity contribution in [1.82, 2.24) is 4.57 Å². The molecule has 0 N–H and O–H groups in total. The van der Waals surface area contributed by atoms with Crippen molar-refractivity contribution in [1.29, 1.82) is 0 Å². The molecule has 132 valence electrons. The van der Waals surface area contributed by atoms with Gasteiger partial charge in [0.2, 0.25) is 0 Å². The Balaban J connectivity index is 2.10. The molecule has 1 aromatic heterocycles. The molecular weight excluding hydrogens is 293 g/mol. The number of hydrogen-bond acceptors (Lipinski definition) is 2. The maximum absolute atomic E-state index is 14.0. The van der Waals surface area contributed by atoms with E-state index in [1.54, 1.807) is 22.9 Å². The molecule has 1 aromatic rings. The Kier molecular flexibility index (Phi) is 10.4. The summed E-state index contributed by atoms with van der Waals surface area (Å²) < 4.78 is 20.4. The third-order valence-corrected chi connectivity index (χ3v) is 4.28. The van der Waals surface area contributed by atoms with Gasteiger partial charge in [-0.05, 0) is 25.0 Å². The van der Waals surface area contributed by atoms with Crippen LogP contribution in [-0.4, -0.2) is 23.8 Å². The van der Waals surface area contributed by atoms with E-state index < -0.39 is 6.17 Å². The van der Waals surface area contributed by atoms with Gasteiger partial charge in [-0.25, -0.2) is 9.18 Å². The fraction of sp³-hybridized carbons (Fsp3) is 0.737. The van der Waals surface area contributed by atoms with E-state index in [2.05, 4.69) is 6.92 Å². The first-order valence-corrected chi connectivity index (χ1v) is 9.06. The standard InChI is InChI=1S/C19H32FNO2/c1-3-4-5-6-7-8-9-10-12-17(20)14-16-21-15-11-13-18(21)19(22)23-2/h11,13,15,17H,3-10,12,14,16H2,1-2H3. The number of alkyl halides is 1. The van der Waals surface area contributed by atoms with E-state index in [0.717, 1.165) is 12.8 Å². The van der Waals surface area contributed by atoms with Crippen molar-refractivity contribution in [3.8, 4) is 0 Å². The van der Waals surface area contributed by atoms with Crippen LogP contribution in [-0.2, 0) is 11.3 Å². The van der Waals surface area contributed by atoms with Gasteiger partial charge in [0.15, 0.2) is 0 Å². The second kappa shape index (κ2) is 12.1. The topological polar surface area (TPSA) is 31.2 Å². The summed E-state index contributed by atoms with van der Waals surface area (Å²) in [6.07, 6.45) is 12.0. The van der Waals surface area contributed by atoms with Gasteiger partial charge in [-0.2, -0.15) is 0 Å². The molecule has 0 aliphatic carbocycles. The first-order valence-electron chi connectivity index (χ1n) is 9.06. The Morgan fingerprint density at radius 3 is 2.43 bits per heavy atom. The summed E-state index contributed by atoms with van der Waals surface area (Å²) in [5, 5.41) is 0. The van der Waals surface area contributed by atoms with Crippen molar-refractivity contribution >= 4 is 5.97 Å². The maximum atomic E-state index is 14.0. The summed E-state index contributed by atoms with van der Waals surface area (Å²) in [6, 6.07) is 3.50. The van der Waals surface area contributed by atoms with Crippen LogP contribution in [0, 0.1) is 0 Å². The molecular formula is C19H32FNO2. The van der Waals surface area contributed by atoms with E-state index in [1.165, 1.54) is 45.6 Å². The highest BCUT2D eigenvalue weighted by Crippen LogP contribution is 2.15. The number of carbonyl (C=O) groups is 1. The largest absolute Gasteiger partial charge is 0.464 e. The van der Waals surface area contributed by atoms with Crippen LogP contribution < -0.4 is 0 Å². The van der Waals surface area contributed by atoms with Crippen LogP contribution in [0.4, 0.5) is 4.39 Å². The number of ether oxygens (including phenoxy) is 1. The van der Waals surface area contributed by atoms with Crippen molar-refractivity contribution in [3.63, 3.8) is 0 Å². The lowest BCUT2D eigenvalue weighted by atomic mass is 10.1. The van der Waals surface area contributed by atoms with Gasteiger partial charge < -0.3 is 9.30 Å². The first-order chi connectivity index (χ1) is 11.2.